The number of carbonyl (C=O) groups is 1. The van der Waals surface area contributed by atoms with Gasteiger partial charge in [0.2, 0.25) is 0 Å². The normalized spacial score (nSPS) is 21.7. The number of aromatic nitrogens is 2. The number of nitrogens with zero attached hydrogens (tertiary/aromatic N) is 2. The van der Waals surface area contributed by atoms with Gasteiger partial charge in [-0.05, 0) is 39.5 Å². The van der Waals surface area contributed by atoms with Gasteiger partial charge >= 0.3 is 6.09 Å². The Morgan fingerprint density at radius 3 is 2.65 bits per heavy atom. The van der Waals surface area contributed by atoms with E-state index in [1.165, 1.54) is 19.2 Å². The van der Waals surface area contributed by atoms with E-state index in [0.29, 0.717) is 18.5 Å². The van der Waals surface area contributed by atoms with Crippen LogP contribution in [0.3, 0.4) is 0 Å². The van der Waals surface area contributed by atoms with Crippen molar-refractivity contribution < 1.29 is 9.53 Å². The van der Waals surface area contributed by atoms with Crippen molar-refractivity contribution in [2.45, 2.75) is 64.6 Å². The van der Waals surface area contributed by atoms with Crippen LogP contribution in [0.25, 0.3) is 0 Å². The van der Waals surface area contributed by atoms with Crippen LogP contribution >= 0.6 is 0 Å². The highest BCUT2D eigenvalue weighted by Gasteiger charge is 2.26. The zero-order valence-electron chi connectivity index (χ0n) is 14.3. The molecule has 1 amide bonds. The summed E-state index contributed by atoms with van der Waals surface area (Å²) in [5.41, 5.74) is 0.624. The van der Waals surface area contributed by atoms with Crippen LogP contribution in [-0.2, 0) is 11.3 Å². The van der Waals surface area contributed by atoms with Gasteiger partial charge in [-0.3, -0.25) is 0 Å². The van der Waals surface area contributed by atoms with Crippen molar-refractivity contribution in [3.63, 3.8) is 0 Å². The van der Waals surface area contributed by atoms with E-state index in [1.807, 2.05) is 33.2 Å². The Bertz CT molecular complexity index is 487. The number of hydrogen-bond donors (Lipinski definition) is 2. The van der Waals surface area contributed by atoms with Gasteiger partial charge < -0.3 is 15.4 Å². The highest BCUT2D eigenvalue weighted by Crippen LogP contribution is 2.24. The van der Waals surface area contributed by atoms with Crippen molar-refractivity contribution in [1.29, 1.82) is 0 Å². The molecule has 0 bridgehead atoms. The van der Waals surface area contributed by atoms with E-state index in [1.54, 1.807) is 0 Å². The van der Waals surface area contributed by atoms with E-state index in [2.05, 4.69) is 20.6 Å². The predicted octanol–water partition coefficient (Wildman–Crippen LogP) is 2.65. The molecule has 2 unspecified atom stereocenters. The molecule has 0 spiro atoms. The predicted molar refractivity (Wildman–Crippen MR) is 88.9 cm³/mol. The quantitative estimate of drug-likeness (QED) is 0.872. The lowest BCUT2D eigenvalue weighted by Crippen LogP contribution is -2.44. The summed E-state index contributed by atoms with van der Waals surface area (Å²) in [7, 11) is 0. The second-order valence-electron chi connectivity index (χ2n) is 7.16. The number of amides is 1. The van der Waals surface area contributed by atoms with Crippen LogP contribution in [0.2, 0.25) is 0 Å². The maximum Gasteiger partial charge on any atom is 0.407 e. The van der Waals surface area contributed by atoms with Crippen LogP contribution in [0.15, 0.2) is 18.7 Å². The molecule has 0 radical (unpaired) electrons. The molecular weight excluding hydrogens is 292 g/mol. The third kappa shape index (κ3) is 6.52. The van der Waals surface area contributed by atoms with Gasteiger partial charge in [0.1, 0.15) is 11.9 Å². The smallest absolute Gasteiger partial charge is 0.407 e. The van der Waals surface area contributed by atoms with E-state index in [-0.39, 0.29) is 6.09 Å². The lowest BCUT2D eigenvalue weighted by molar-refractivity contribution is 0.0510. The molecule has 0 aromatic carbocycles. The third-order valence-electron chi connectivity index (χ3n) is 4.00. The molecule has 2 rings (SSSR count). The Kier molecular flexibility index (Phi) is 6.33. The maximum absolute atomic E-state index is 11.8. The molecular formula is C17H28N4O2. The summed E-state index contributed by atoms with van der Waals surface area (Å²) in [6, 6.07) is 0.402. The first-order chi connectivity index (χ1) is 10.9. The first-order valence-electron chi connectivity index (χ1n) is 8.38. The van der Waals surface area contributed by atoms with E-state index in [4.69, 9.17) is 4.74 Å². The number of alkyl carbamates (subject to hydrolysis) is 1. The van der Waals surface area contributed by atoms with Crippen molar-refractivity contribution >= 4 is 6.09 Å². The lowest BCUT2D eigenvalue weighted by atomic mass is 9.84. The molecule has 1 fully saturated rings. The van der Waals surface area contributed by atoms with Crippen LogP contribution in [0.5, 0.6) is 0 Å². The summed E-state index contributed by atoms with van der Waals surface area (Å²) in [5.74, 6) is 0.431. The second-order valence-corrected chi connectivity index (χ2v) is 7.16. The minimum Gasteiger partial charge on any atom is -0.444 e. The Hall–Kier alpha value is -1.69. The van der Waals surface area contributed by atoms with E-state index in [9.17, 15) is 4.79 Å². The van der Waals surface area contributed by atoms with Gasteiger partial charge in [0.15, 0.2) is 0 Å². The Balaban J connectivity index is 1.80. The molecule has 1 aliphatic rings. The van der Waals surface area contributed by atoms with Gasteiger partial charge in [0.25, 0.3) is 0 Å². The summed E-state index contributed by atoms with van der Waals surface area (Å²) >= 11 is 0. The first kappa shape index (κ1) is 17.7. The van der Waals surface area contributed by atoms with Gasteiger partial charge in [0, 0.05) is 37.1 Å². The summed E-state index contributed by atoms with van der Waals surface area (Å²) in [5, 5.41) is 6.50. The van der Waals surface area contributed by atoms with Crippen LogP contribution < -0.4 is 10.6 Å². The monoisotopic (exact) mass is 320 g/mol. The summed E-state index contributed by atoms with van der Waals surface area (Å²) < 4.78 is 5.31. The molecule has 1 saturated carbocycles. The molecule has 2 atom stereocenters. The molecule has 6 heteroatoms. The highest BCUT2D eigenvalue weighted by molar-refractivity contribution is 5.67. The number of nitrogens with one attached hydrogen (secondary N) is 2. The fourth-order valence-electron chi connectivity index (χ4n) is 2.92. The van der Waals surface area contributed by atoms with Crippen molar-refractivity contribution in [1.82, 2.24) is 20.6 Å². The molecule has 1 aliphatic carbocycles. The Morgan fingerprint density at radius 2 is 1.96 bits per heavy atom. The summed E-state index contributed by atoms with van der Waals surface area (Å²) in [4.78, 5) is 19.9. The van der Waals surface area contributed by atoms with Gasteiger partial charge in [0.05, 0.1) is 0 Å². The van der Waals surface area contributed by atoms with Gasteiger partial charge in [-0.2, -0.15) is 0 Å². The molecule has 1 aromatic rings. The van der Waals surface area contributed by atoms with Crippen LogP contribution in [-0.4, -0.2) is 34.2 Å². The molecule has 0 aliphatic heterocycles. The first-order valence-corrected chi connectivity index (χ1v) is 8.38. The molecule has 128 valence electrons. The van der Waals surface area contributed by atoms with Crippen molar-refractivity contribution in [3.8, 4) is 0 Å². The fraction of sp³-hybridized carbons (Fsp3) is 0.706. The van der Waals surface area contributed by atoms with Crippen molar-refractivity contribution in [2.75, 3.05) is 6.54 Å². The van der Waals surface area contributed by atoms with Crippen molar-refractivity contribution in [3.05, 3.63) is 24.3 Å². The van der Waals surface area contributed by atoms with Crippen LogP contribution in [0, 0.1) is 5.92 Å². The number of hydrogen-bond acceptors (Lipinski definition) is 5. The van der Waals surface area contributed by atoms with Crippen LogP contribution in [0.1, 0.15) is 52.0 Å². The highest BCUT2D eigenvalue weighted by atomic mass is 16.6. The summed E-state index contributed by atoms with van der Waals surface area (Å²) in [6.45, 7) is 7.03. The minimum atomic E-state index is -0.457. The largest absolute Gasteiger partial charge is 0.444 e. The fourth-order valence-corrected chi connectivity index (χ4v) is 2.92. The molecule has 6 nitrogen and oxygen atoms in total. The zero-order valence-corrected chi connectivity index (χ0v) is 14.3. The van der Waals surface area contributed by atoms with Crippen LogP contribution in [0.4, 0.5) is 4.79 Å². The minimum absolute atomic E-state index is 0.335. The number of carbonyl (C=O) groups excluding carboxylic acids is 1. The maximum atomic E-state index is 11.8. The number of ether oxygens (including phenoxy) is 1. The lowest BCUT2D eigenvalue weighted by Gasteiger charge is -2.32. The third-order valence-corrected chi connectivity index (χ3v) is 4.00. The summed E-state index contributed by atoms with van der Waals surface area (Å²) in [6.07, 6.45) is 9.57. The topological polar surface area (TPSA) is 76.1 Å². The van der Waals surface area contributed by atoms with E-state index < -0.39 is 5.60 Å². The zero-order chi connectivity index (χ0) is 16.7. The molecule has 23 heavy (non-hydrogen) atoms. The average Bonchev–Trinajstić information content (AvgIpc) is 2.51. The van der Waals surface area contributed by atoms with Crippen molar-refractivity contribution in [2.24, 2.45) is 5.92 Å². The molecule has 2 N–H and O–H groups in total. The Morgan fingerprint density at radius 1 is 1.26 bits per heavy atom. The molecule has 1 heterocycles. The van der Waals surface area contributed by atoms with E-state index in [0.717, 1.165) is 24.9 Å². The van der Waals surface area contributed by atoms with Gasteiger partial charge in [-0.25, -0.2) is 14.8 Å². The SMILES string of the molecule is CC(C)(C)OC(=O)NCC1CCCCC1NCc1cncnc1. The van der Waals surface area contributed by atoms with E-state index >= 15 is 0 Å². The average molecular weight is 320 g/mol. The second kappa shape index (κ2) is 8.24. The Labute approximate surface area is 138 Å². The molecule has 0 saturated heterocycles. The molecule has 1 aromatic heterocycles. The van der Waals surface area contributed by atoms with Gasteiger partial charge in [-0.1, -0.05) is 12.8 Å². The van der Waals surface area contributed by atoms with Gasteiger partial charge in [-0.15, -0.1) is 0 Å². The number of rotatable bonds is 5. The standard InChI is InChI=1S/C17H28N4O2/c1-17(2,3)23-16(22)21-11-14-6-4-5-7-15(14)20-10-13-8-18-12-19-9-13/h8-9,12,14-15,20H,4-7,10-11H2,1-3H3,(H,21,22).